The fourth-order valence-corrected chi connectivity index (χ4v) is 3.53. The summed E-state index contributed by atoms with van der Waals surface area (Å²) in [7, 11) is 0. The molecule has 1 aliphatic heterocycles. The number of hydrogen-bond donors (Lipinski definition) is 1. The Morgan fingerprint density at radius 1 is 1.17 bits per heavy atom. The van der Waals surface area contributed by atoms with Gasteiger partial charge in [-0.05, 0) is 35.7 Å². The Hall–Kier alpha value is -1.95. The molecule has 6 heteroatoms. The van der Waals surface area contributed by atoms with Gasteiger partial charge in [-0.1, -0.05) is 47.6 Å². The van der Waals surface area contributed by atoms with Gasteiger partial charge in [-0.3, -0.25) is 4.90 Å². The Morgan fingerprint density at radius 3 is 2.83 bits per heavy atom. The molecule has 4 rings (SSSR count). The second-order valence-corrected chi connectivity index (χ2v) is 6.01. The minimum absolute atomic E-state index is 0. The molecule has 1 aliphatic rings. The molecule has 0 bridgehead atoms. The van der Waals surface area contributed by atoms with Crippen molar-refractivity contribution in [3.05, 3.63) is 59.7 Å². The lowest BCUT2D eigenvalue weighted by Gasteiger charge is -2.24. The molecule has 1 fully saturated rings. The second-order valence-electron chi connectivity index (χ2n) is 6.01. The minimum atomic E-state index is 0. The predicted molar refractivity (Wildman–Crippen MR) is 95.8 cm³/mol. The van der Waals surface area contributed by atoms with Crippen LogP contribution in [0.15, 0.2) is 47.0 Å². The molecule has 0 saturated carbocycles. The van der Waals surface area contributed by atoms with Crippen molar-refractivity contribution in [2.75, 3.05) is 6.54 Å². The normalized spacial score (nSPS) is 18.0. The van der Waals surface area contributed by atoms with Gasteiger partial charge in [0, 0.05) is 6.04 Å². The first-order valence-corrected chi connectivity index (χ1v) is 8.08. The third-order valence-corrected chi connectivity index (χ3v) is 4.58. The largest absolute Gasteiger partial charge is 0.338 e. The number of halogens is 1. The maximum Gasteiger partial charge on any atom is 0.240 e. The van der Waals surface area contributed by atoms with E-state index in [0.717, 1.165) is 18.8 Å². The number of aromatic nitrogens is 2. The lowest BCUT2D eigenvalue weighted by Crippen LogP contribution is -2.23. The molecule has 1 atom stereocenters. The number of hydrogen-bond acceptors (Lipinski definition) is 5. The quantitative estimate of drug-likeness (QED) is 0.785. The van der Waals surface area contributed by atoms with Crippen LogP contribution in [-0.2, 0) is 13.1 Å². The topological polar surface area (TPSA) is 68.2 Å². The molecule has 1 aromatic heterocycles. The molecule has 1 unspecified atom stereocenters. The molecular weight excluding hydrogens is 324 g/mol. The maximum atomic E-state index is 5.54. The molecule has 24 heavy (non-hydrogen) atoms. The fourth-order valence-electron chi connectivity index (χ4n) is 3.53. The maximum absolute atomic E-state index is 5.54. The number of fused-ring (bicyclic) bond motifs is 1. The second kappa shape index (κ2) is 7.30. The molecule has 3 aromatic rings. The highest BCUT2D eigenvalue weighted by atomic mass is 35.5. The van der Waals surface area contributed by atoms with Crippen LogP contribution in [0.5, 0.6) is 0 Å². The number of likely N-dealkylation sites (tertiary alicyclic amines) is 1. The van der Waals surface area contributed by atoms with E-state index in [1.54, 1.807) is 0 Å². The number of benzene rings is 2. The zero-order valence-electron chi connectivity index (χ0n) is 13.4. The van der Waals surface area contributed by atoms with Crippen molar-refractivity contribution >= 4 is 23.2 Å². The first-order valence-electron chi connectivity index (χ1n) is 8.08. The molecule has 2 heterocycles. The third kappa shape index (κ3) is 3.15. The van der Waals surface area contributed by atoms with E-state index in [1.807, 2.05) is 0 Å². The van der Waals surface area contributed by atoms with Gasteiger partial charge in [0.2, 0.25) is 5.89 Å². The van der Waals surface area contributed by atoms with Gasteiger partial charge in [0.1, 0.15) is 0 Å². The average molecular weight is 345 g/mol. The predicted octanol–water partition coefficient (Wildman–Crippen LogP) is 3.44. The number of nitrogens with zero attached hydrogens (tertiary/aromatic N) is 3. The SMILES string of the molecule is Cl.NCc1nc(CN2CCCC2c2cccc3ccccc23)no1. The zero-order valence-corrected chi connectivity index (χ0v) is 14.2. The highest BCUT2D eigenvalue weighted by Crippen LogP contribution is 2.36. The fraction of sp³-hybridized carbons (Fsp3) is 0.333. The van der Waals surface area contributed by atoms with Crippen molar-refractivity contribution < 1.29 is 4.52 Å². The smallest absolute Gasteiger partial charge is 0.240 e. The van der Waals surface area contributed by atoms with E-state index in [4.69, 9.17) is 10.3 Å². The van der Waals surface area contributed by atoms with Gasteiger partial charge < -0.3 is 10.3 Å². The van der Waals surface area contributed by atoms with Crippen LogP contribution in [0.1, 0.15) is 36.2 Å². The first-order chi connectivity index (χ1) is 11.3. The highest BCUT2D eigenvalue weighted by molar-refractivity contribution is 5.86. The van der Waals surface area contributed by atoms with Crippen molar-refractivity contribution in [1.82, 2.24) is 15.0 Å². The Bertz CT molecular complexity index is 814. The van der Waals surface area contributed by atoms with Crippen molar-refractivity contribution in [2.45, 2.75) is 32.0 Å². The summed E-state index contributed by atoms with van der Waals surface area (Å²) in [5, 5.41) is 6.66. The third-order valence-electron chi connectivity index (χ3n) is 4.58. The van der Waals surface area contributed by atoms with Crippen LogP contribution in [0.4, 0.5) is 0 Å². The van der Waals surface area contributed by atoms with Gasteiger partial charge in [-0.25, -0.2) is 0 Å². The molecule has 0 amide bonds. The lowest BCUT2D eigenvalue weighted by molar-refractivity contribution is 0.239. The summed E-state index contributed by atoms with van der Waals surface area (Å²) in [5.74, 6) is 1.22. The van der Waals surface area contributed by atoms with Crippen LogP contribution in [0, 0.1) is 0 Å². The van der Waals surface area contributed by atoms with Crippen molar-refractivity contribution in [1.29, 1.82) is 0 Å². The highest BCUT2D eigenvalue weighted by Gasteiger charge is 2.28. The van der Waals surface area contributed by atoms with Crippen LogP contribution in [-0.4, -0.2) is 21.6 Å². The van der Waals surface area contributed by atoms with Gasteiger partial charge in [0.15, 0.2) is 5.82 Å². The molecule has 1 saturated heterocycles. The molecule has 126 valence electrons. The van der Waals surface area contributed by atoms with Crippen LogP contribution in [0.25, 0.3) is 10.8 Å². The van der Waals surface area contributed by atoms with Gasteiger partial charge in [0.25, 0.3) is 0 Å². The Kier molecular flexibility index (Phi) is 5.14. The summed E-state index contributed by atoms with van der Waals surface area (Å²) < 4.78 is 5.12. The van der Waals surface area contributed by atoms with Crippen LogP contribution in [0.3, 0.4) is 0 Å². The van der Waals surface area contributed by atoms with E-state index in [0.29, 0.717) is 25.0 Å². The zero-order chi connectivity index (χ0) is 15.6. The van der Waals surface area contributed by atoms with E-state index in [-0.39, 0.29) is 12.4 Å². The van der Waals surface area contributed by atoms with Crippen molar-refractivity contribution in [3.8, 4) is 0 Å². The summed E-state index contributed by atoms with van der Waals surface area (Å²) in [6.45, 7) is 2.05. The van der Waals surface area contributed by atoms with Gasteiger partial charge >= 0.3 is 0 Å². The molecule has 2 aromatic carbocycles. The van der Waals surface area contributed by atoms with Gasteiger partial charge in [-0.2, -0.15) is 4.98 Å². The van der Waals surface area contributed by atoms with Crippen LogP contribution in [0.2, 0.25) is 0 Å². The summed E-state index contributed by atoms with van der Waals surface area (Å²) in [4.78, 5) is 6.78. The van der Waals surface area contributed by atoms with Crippen molar-refractivity contribution in [3.63, 3.8) is 0 Å². The number of rotatable bonds is 4. The summed E-state index contributed by atoms with van der Waals surface area (Å²) in [6.07, 6.45) is 2.35. The summed E-state index contributed by atoms with van der Waals surface area (Å²) >= 11 is 0. The van der Waals surface area contributed by atoms with E-state index in [2.05, 4.69) is 57.5 Å². The van der Waals surface area contributed by atoms with Crippen molar-refractivity contribution in [2.24, 2.45) is 5.73 Å². The standard InChI is InChI=1S/C18H20N4O.ClH/c19-11-18-20-17(21-23-18)12-22-10-4-9-16(22)15-8-3-6-13-5-1-2-7-14(13)15;/h1-3,5-8,16H,4,9-12,19H2;1H. The molecule has 5 nitrogen and oxygen atoms in total. The average Bonchev–Trinajstić information content (AvgIpc) is 3.24. The van der Waals surface area contributed by atoms with Gasteiger partial charge in [-0.15, -0.1) is 12.4 Å². The Balaban J connectivity index is 0.00000169. The monoisotopic (exact) mass is 344 g/mol. The van der Waals surface area contributed by atoms with Gasteiger partial charge in [0.05, 0.1) is 13.1 Å². The van der Waals surface area contributed by atoms with Crippen LogP contribution >= 0.6 is 12.4 Å². The molecule has 0 radical (unpaired) electrons. The molecular formula is C18H21ClN4O. The van der Waals surface area contributed by atoms with E-state index in [9.17, 15) is 0 Å². The van der Waals surface area contributed by atoms with Crippen LogP contribution < -0.4 is 5.73 Å². The molecule has 2 N–H and O–H groups in total. The molecule has 0 spiro atoms. The lowest BCUT2D eigenvalue weighted by atomic mass is 9.97. The van der Waals surface area contributed by atoms with E-state index < -0.39 is 0 Å². The van der Waals surface area contributed by atoms with E-state index >= 15 is 0 Å². The summed E-state index contributed by atoms with van der Waals surface area (Å²) in [6, 6.07) is 15.5. The Labute approximate surface area is 147 Å². The van der Waals surface area contributed by atoms with E-state index in [1.165, 1.54) is 22.8 Å². The Morgan fingerprint density at radius 2 is 2.00 bits per heavy atom. The first kappa shape index (κ1) is 16.9. The molecule has 0 aliphatic carbocycles. The minimum Gasteiger partial charge on any atom is -0.338 e. The number of nitrogens with two attached hydrogens (primary N) is 1. The summed E-state index contributed by atoms with van der Waals surface area (Å²) in [5.41, 5.74) is 6.93.